The second-order valence-corrected chi connectivity index (χ2v) is 5.37. The lowest BCUT2D eigenvalue weighted by Gasteiger charge is -2.04. The van der Waals surface area contributed by atoms with E-state index >= 15 is 0 Å². The molecule has 0 fully saturated rings. The summed E-state index contributed by atoms with van der Waals surface area (Å²) in [5, 5.41) is 10.9. The van der Waals surface area contributed by atoms with Crippen LogP contribution in [0.15, 0.2) is 53.4 Å². The molecule has 0 aromatic heterocycles. The number of hydrogen-bond donors (Lipinski definition) is 0. The number of carbonyl (C=O) groups is 1. The average Bonchev–Trinajstić information content (AvgIpc) is 2.46. The molecule has 0 saturated carbocycles. The van der Waals surface area contributed by atoms with Gasteiger partial charge in [0.25, 0.3) is 5.69 Å². The van der Waals surface area contributed by atoms with Crippen LogP contribution in [-0.2, 0) is 0 Å². The molecule has 0 amide bonds. The fourth-order valence-corrected chi connectivity index (χ4v) is 2.72. The normalized spacial score (nSPS) is 10.2. The number of ketones is 1. The van der Waals surface area contributed by atoms with E-state index in [1.807, 2.05) is 6.07 Å². The fraction of sp³-hybridized carbons (Fsp3) is 0.0714. The van der Waals surface area contributed by atoms with Gasteiger partial charge < -0.3 is 0 Å². The molecule has 0 bridgehead atoms. The third kappa shape index (κ3) is 3.59. The van der Waals surface area contributed by atoms with Crippen molar-refractivity contribution in [3.63, 3.8) is 0 Å². The summed E-state index contributed by atoms with van der Waals surface area (Å²) in [5.41, 5.74) is 0.576. The standard InChI is InChI=1S/C14H10ClNO3S/c15-12-8-11(16(18)19)6-7-14(12)20-9-13(17)10-4-2-1-3-5-10/h1-8H,9H2. The highest BCUT2D eigenvalue weighted by atomic mass is 35.5. The minimum Gasteiger partial charge on any atom is -0.293 e. The molecule has 2 aromatic rings. The molecule has 2 aromatic carbocycles. The highest BCUT2D eigenvalue weighted by molar-refractivity contribution is 8.00. The third-order valence-corrected chi connectivity index (χ3v) is 4.08. The van der Waals surface area contributed by atoms with E-state index in [0.29, 0.717) is 10.5 Å². The molecule has 4 nitrogen and oxygen atoms in total. The summed E-state index contributed by atoms with van der Waals surface area (Å²) in [4.78, 5) is 22.7. The Kier molecular flexibility index (Phi) is 4.76. The van der Waals surface area contributed by atoms with Crippen molar-refractivity contribution < 1.29 is 9.72 Å². The van der Waals surface area contributed by atoms with Gasteiger partial charge in [0.05, 0.1) is 15.7 Å². The predicted molar refractivity (Wildman–Crippen MR) is 79.6 cm³/mol. The second kappa shape index (κ2) is 6.54. The molecule has 0 spiro atoms. The van der Waals surface area contributed by atoms with Crippen LogP contribution in [0, 0.1) is 10.1 Å². The molecule has 0 heterocycles. The topological polar surface area (TPSA) is 60.2 Å². The van der Waals surface area contributed by atoms with E-state index in [9.17, 15) is 14.9 Å². The first kappa shape index (κ1) is 14.6. The van der Waals surface area contributed by atoms with Gasteiger partial charge in [-0.05, 0) is 6.07 Å². The molecule has 0 unspecified atom stereocenters. The van der Waals surface area contributed by atoms with E-state index < -0.39 is 4.92 Å². The molecule has 102 valence electrons. The minimum absolute atomic E-state index is 0.00924. The Bertz CT molecular complexity index is 646. The molecular weight excluding hydrogens is 298 g/mol. The van der Waals surface area contributed by atoms with Crippen molar-refractivity contribution in [1.29, 1.82) is 0 Å². The number of non-ortho nitro benzene ring substituents is 1. The van der Waals surface area contributed by atoms with Gasteiger partial charge in [-0.25, -0.2) is 0 Å². The number of benzene rings is 2. The monoisotopic (exact) mass is 307 g/mol. The van der Waals surface area contributed by atoms with E-state index in [1.165, 1.54) is 23.9 Å². The summed E-state index contributed by atoms with van der Waals surface area (Å²) in [6.07, 6.45) is 0. The van der Waals surface area contributed by atoms with Crippen LogP contribution in [0.25, 0.3) is 0 Å². The summed E-state index contributed by atoms with van der Waals surface area (Å²) in [6, 6.07) is 13.2. The summed E-state index contributed by atoms with van der Waals surface area (Å²) < 4.78 is 0. The predicted octanol–water partition coefficient (Wildman–Crippen LogP) is 4.22. The van der Waals surface area contributed by atoms with Gasteiger partial charge in [-0.2, -0.15) is 0 Å². The van der Waals surface area contributed by atoms with Crippen LogP contribution >= 0.6 is 23.4 Å². The lowest BCUT2D eigenvalue weighted by Crippen LogP contribution is -2.01. The smallest absolute Gasteiger partial charge is 0.270 e. The molecule has 0 aliphatic rings. The molecule has 2 rings (SSSR count). The van der Waals surface area contributed by atoms with Crippen molar-refractivity contribution >= 4 is 34.8 Å². The minimum atomic E-state index is -0.505. The number of halogens is 1. The van der Waals surface area contributed by atoms with Crippen LogP contribution in [0.5, 0.6) is 0 Å². The highest BCUT2D eigenvalue weighted by Gasteiger charge is 2.12. The van der Waals surface area contributed by atoms with E-state index in [0.717, 1.165) is 0 Å². The molecule has 0 aliphatic heterocycles. The number of nitrogens with zero attached hydrogens (tertiary/aromatic N) is 1. The number of thioether (sulfide) groups is 1. The third-order valence-electron chi connectivity index (χ3n) is 2.58. The maximum atomic E-state index is 11.9. The molecule has 6 heteroatoms. The van der Waals surface area contributed by atoms with Crippen LogP contribution in [-0.4, -0.2) is 16.5 Å². The first-order valence-corrected chi connectivity index (χ1v) is 7.09. The van der Waals surface area contributed by atoms with Crippen LogP contribution < -0.4 is 0 Å². The van der Waals surface area contributed by atoms with Gasteiger partial charge in [-0.3, -0.25) is 14.9 Å². The summed E-state index contributed by atoms with van der Waals surface area (Å²) in [7, 11) is 0. The molecule has 0 atom stereocenters. The zero-order valence-electron chi connectivity index (χ0n) is 10.3. The van der Waals surface area contributed by atoms with Crippen molar-refractivity contribution in [2.75, 3.05) is 5.75 Å². The number of nitro groups is 1. The Morgan fingerprint density at radius 1 is 1.20 bits per heavy atom. The number of carbonyl (C=O) groups excluding carboxylic acids is 1. The van der Waals surface area contributed by atoms with Crippen molar-refractivity contribution in [1.82, 2.24) is 0 Å². The molecule has 0 aliphatic carbocycles. The molecule has 0 saturated heterocycles. The van der Waals surface area contributed by atoms with Crippen LogP contribution in [0.2, 0.25) is 5.02 Å². The SMILES string of the molecule is O=C(CSc1ccc([N+](=O)[O-])cc1Cl)c1ccccc1. The quantitative estimate of drug-likeness (QED) is 0.359. The summed E-state index contributed by atoms with van der Waals surface area (Å²) in [6.45, 7) is 0. The largest absolute Gasteiger partial charge is 0.293 e. The van der Waals surface area contributed by atoms with E-state index in [2.05, 4.69) is 0 Å². The van der Waals surface area contributed by atoms with E-state index in [1.54, 1.807) is 30.3 Å². The van der Waals surface area contributed by atoms with Crippen molar-refractivity contribution in [2.24, 2.45) is 0 Å². The second-order valence-electron chi connectivity index (χ2n) is 3.95. The van der Waals surface area contributed by atoms with Crippen molar-refractivity contribution in [3.8, 4) is 0 Å². The summed E-state index contributed by atoms with van der Waals surface area (Å²) >= 11 is 7.23. The number of rotatable bonds is 5. The summed E-state index contributed by atoms with van der Waals surface area (Å²) in [5.74, 6) is 0.228. The lowest BCUT2D eigenvalue weighted by atomic mass is 10.2. The van der Waals surface area contributed by atoms with Crippen molar-refractivity contribution in [2.45, 2.75) is 4.90 Å². The molecule has 20 heavy (non-hydrogen) atoms. The van der Waals surface area contributed by atoms with Gasteiger partial charge in [-0.1, -0.05) is 41.9 Å². The molecule has 0 radical (unpaired) electrons. The number of Topliss-reactive ketones (excluding diaryl/α,β-unsaturated/α-hetero) is 1. The van der Waals surface area contributed by atoms with Crippen LogP contribution in [0.1, 0.15) is 10.4 Å². The maximum absolute atomic E-state index is 11.9. The van der Waals surface area contributed by atoms with E-state index in [-0.39, 0.29) is 22.2 Å². The number of hydrogen-bond acceptors (Lipinski definition) is 4. The number of nitro benzene ring substituents is 1. The zero-order chi connectivity index (χ0) is 14.5. The van der Waals surface area contributed by atoms with Crippen LogP contribution in [0.4, 0.5) is 5.69 Å². The Morgan fingerprint density at radius 3 is 2.50 bits per heavy atom. The average molecular weight is 308 g/mol. The Balaban J connectivity index is 2.04. The first-order chi connectivity index (χ1) is 9.58. The van der Waals surface area contributed by atoms with Gasteiger partial charge in [0.2, 0.25) is 0 Å². The van der Waals surface area contributed by atoms with Gasteiger partial charge in [0, 0.05) is 22.6 Å². The maximum Gasteiger partial charge on any atom is 0.270 e. The zero-order valence-corrected chi connectivity index (χ0v) is 11.9. The first-order valence-electron chi connectivity index (χ1n) is 5.73. The lowest BCUT2D eigenvalue weighted by molar-refractivity contribution is -0.384. The molecule has 0 N–H and O–H groups in total. The van der Waals surface area contributed by atoms with Gasteiger partial charge >= 0.3 is 0 Å². The Labute approximate surface area is 124 Å². The van der Waals surface area contributed by atoms with Crippen molar-refractivity contribution in [3.05, 3.63) is 69.2 Å². The fourth-order valence-electron chi connectivity index (χ4n) is 1.57. The highest BCUT2D eigenvalue weighted by Crippen LogP contribution is 2.30. The Hall–Kier alpha value is -1.85. The van der Waals surface area contributed by atoms with Gasteiger partial charge in [0.1, 0.15) is 0 Å². The molecular formula is C14H10ClNO3S. The van der Waals surface area contributed by atoms with Gasteiger partial charge in [-0.15, -0.1) is 11.8 Å². The van der Waals surface area contributed by atoms with E-state index in [4.69, 9.17) is 11.6 Å². The Morgan fingerprint density at radius 2 is 1.90 bits per heavy atom. The van der Waals surface area contributed by atoms with Crippen LogP contribution in [0.3, 0.4) is 0 Å². The van der Waals surface area contributed by atoms with Gasteiger partial charge in [0.15, 0.2) is 5.78 Å².